The molecule has 1 aromatic rings. The Bertz CT molecular complexity index is 297. The van der Waals surface area contributed by atoms with Crippen LogP contribution in [0.2, 0.25) is 0 Å². The van der Waals surface area contributed by atoms with Crippen molar-refractivity contribution in [1.82, 2.24) is 14.7 Å². The van der Waals surface area contributed by atoms with Crippen molar-refractivity contribution in [2.24, 2.45) is 0 Å². The van der Waals surface area contributed by atoms with Gasteiger partial charge in [0.25, 0.3) is 0 Å². The van der Waals surface area contributed by atoms with Crippen LogP contribution in [0.3, 0.4) is 0 Å². The van der Waals surface area contributed by atoms with Gasteiger partial charge in [-0.25, -0.2) is 4.68 Å². The van der Waals surface area contributed by atoms with Crippen molar-refractivity contribution in [1.29, 1.82) is 0 Å². The molecular formula is C9H19N5O. The number of rotatable bonds is 6. The third-order valence-electron chi connectivity index (χ3n) is 2.03. The molecular weight excluding hydrogens is 194 g/mol. The summed E-state index contributed by atoms with van der Waals surface area (Å²) >= 11 is 0. The average Bonchev–Trinajstić information content (AvgIpc) is 2.53. The normalized spacial score (nSPS) is 10.9. The number of hydrogen-bond donors (Lipinski definition) is 3. The molecule has 1 heterocycles. The second kappa shape index (κ2) is 5.57. The first-order chi connectivity index (χ1) is 7.15. The average molecular weight is 213 g/mol. The molecule has 15 heavy (non-hydrogen) atoms. The molecule has 6 heteroatoms. The molecule has 0 aliphatic heterocycles. The van der Waals surface area contributed by atoms with E-state index in [9.17, 15) is 0 Å². The van der Waals surface area contributed by atoms with Gasteiger partial charge in [-0.05, 0) is 14.1 Å². The van der Waals surface area contributed by atoms with E-state index in [1.165, 1.54) is 0 Å². The van der Waals surface area contributed by atoms with Crippen LogP contribution in [0.1, 0.15) is 0 Å². The topological polar surface area (TPSA) is 79.3 Å². The van der Waals surface area contributed by atoms with Crippen molar-refractivity contribution in [2.45, 2.75) is 6.54 Å². The Labute approximate surface area is 89.7 Å². The van der Waals surface area contributed by atoms with Gasteiger partial charge in [-0.3, -0.25) is 0 Å². The summed E-state index contributed by atoms with van der Waals surface area (Å²) in [5.74, 6) is 0.783. The summed E-state index contributed by atoms with van der Waals surface area (Å²) in [6, 6.07) is 0. The van der Waals surface area contributed by atoms with Gasteiger partial charge in [0.1, 0.15) is 5.82 Å². The van der Waals surface area contributed by atoms with Crippen molar-refractivity contribution in [3.8, 4) is 0 Å². The Morgan fingerprint density at radius 2 is 2.33 bits per heavy atom. The molecule has 0 aromatic carbocycles. The number of aliphatic hydroxyl groups excluding tert-OH is 1. The van der Waals surface area contributed by atoms with Crippen molar-refractivity contribution >= 4 is 11.5 Å². The van der Waals surface area contributed by atoms with E-state index in [2.05, 4.69) is 15.3 Å². The van der Waals surface area contributed by atoms with Crippen LogP contribution in [0, 0.1) is 0 Å². The van der Waals surface area contributed by atoms with Crippen molar-refractivity contribution in [2.75, 3.05) is 44.8 Å². The minimum Gasteiger partial charge on any atom is -0.395 e. The van der Waals surface area contributed by atoms with Gasteiger partial charge in [0.05, 0.1) is 25.0 Å². The molecule has 0 radical (unpaired) electrons. The van der Waals surface area contributed by atoms with Crippen molar-refractivity contribution in [3.05, 3.63) is 6.20 Å². The maximum absolute atomic E-state index is 8.72. The fraction of sp³-hybridized carbons (Fsp3) is 0.667. The second-order valence-corrected chi connectivity index (χ2v) is 3.63. The predicted molar refractivity (Wildman–Crippen MR) is 60.8 cm³/mol. The van der Waals surface area contributed by atoms with Crippen LogP contribution in [-0.4, -0.2) is 53.6 Å². The number of nitrogen functional groups attached to an aromatic ring is 1. The van der Waals surface area contributed by atoms with Gasteiger partial charge in [-0.2, -0.15) is 5.10 Å². The quantitative estimate of drug-likeness (QED) is 0.590. The lowest BCUT2D eigenvalue weighted by molar-refractivity contribution is 0.310. The van der Waals surface area contributed by atoms with Crippen LogP contribution < -0.4 is 11.1 Å². The summed E-state index contributed by atoms with van der Waals surface area (Å²) in [6.45, 7) is 2.24. The molecule has 0 unspecified atom stereocenters. The van der Waals surface area contributed by atoms with E-state index in [1.807, 2.05) is 18.8 Å². The maximum Gasteiger partial charge on any atom is 0.147 e. The molecule has 0 atom stereocenters. The maximum atomic E-state index is 8.72. The van der Waals surface area contributed by atoms with E-state index in [4.69, 9.17) is 10.8 Å². The molecule has 86 valence electrons. The van der Waals surface area contributed by atoms with E-state index < -0.39 is 0 Å². The van der Waals surface area contributed by atoms with E-state index in [0.29, 0.717) is 12.2 Å². The van der Waals surface area contributed by atoms with Crippen LogP contribution in [0.15, 0.2) is 6.20 Å². The molecule has 4 N–H and O–H groups in total. The second-order valence-electron chi connectivity index (χ2n) is 3.63. The van der Waals surface area contributed by atoms with Crippen LogP contribution in [0.5, 0.6) is 0 Å². The molecule has 0 saturated heterocycles. The molecule has 0 bridgehead atoms. The molecule has 0 fully saturated rings. The smallest absolute Gasteiger partial charge is 0.147 e. The molecule has 6 nitrogen and oxygen atoms in total. The van der Waals surface area contributed by atoms with E-state index in [0.717, 1.165) is 18.9 Å². The van der Waals surface area contributed by atoms with E-state index in [1.54, 1.807) is 6.20 Å². The molecule has 1 rings (SSSR count). The number of hydrogen-bond acceptors (Lipinski definition) is 5. The molecule has 0 saturated carbocycles. The molecule has 0 amide bonds. The largest absolute Gasteiger partial charge is 0.395 e. The summed E-state index contributed by atoms with van der Waals surface area (Å²) in [4.78, 5) is 2.08. The third-order valence-corrected chi connectivity index (χ3v) is 2.03. The van der Waals surface area contributed by atoms with E-state index in [-0.39, 0.29) is 6.61 Å². The zero-order chi connectivity index (χ0) is 11.3. The number of aromatic nitrogens is 2. The number of nitrogens with two attached hydrogens (primary N) is 1. The van der Waals surface area contributed by atoms with Gasteiger partial charge in [0.2, 0.25) is 0 Å². The molecule has 0 aliphatic rings. The monoisotopic (exact) mass is 213 g/mol. The lowest BCUT2D eigenvalue weighted by Crippen LogP contribution is -2.21. The van der Waals surface area contributed by atoms with Gasteiger partial charge in [0, 0.05) is 13.1 Å². The van der Waals surface area contributed by atoms with Crippen molar-refractivity contribution < 1.29 is 5.11 Å². The zero-order valence-electron chi connectivity index (χ0n) is 9.27. The Balaban J connectivity index is 2.61. The third kappa shape index (κ3) is 3.41. The zero-order valence-corrected chi connectivity index (χ0v) is 9.27. The number of anilines is 2. The number of likely N-dealkylation sites (N-methyl/N-ethyl adjacent to an activating group) is 1. The fourth-order valence-corrected chi connectivity index (χ4v) is 1.23. The van der Waals surface area contributed by atoms with Gasteiger partial charge in [-0.1, -0.05) is 0 Å². The summed E-state index contributed by atoms with van der Waals surface area (Å²) < 4.78 is 1.81. The summed E-state index contributed by atoms with van der Waals surface area (Å²) in [5, 5.41) is 15.9. The number of nitrogens with zero attached hydrogens (tertiary/aromatic N) is 3. The van der Waals surface area contributed by atoms with Crippen LogP contribution >= 0.6 is 0 Å². The molecule has 0 spiro atoms. The lowest BCUT2D eigenvalue weighted by atomic mass is 10.5. The molecule has 0 aliphatic carbocycles. The minimum atomic E-state index is 0.0816. The highest BCUT2D eigenvalue weighted by Gasteiger charge is 2.07. The predicted octanol–water partition coefficient (Wildman–Crippen LogP) is -0.569. The van der Waals surface area contributed by atoms with Crippen LogP contribution in [-0.2, 0) is 6.54 Å². The Morgan fingerprint density at radius 3 is 2.93 bits per heavy atom. The SMILES string of the molecule is CN(C)CCn1ncc(N)c1NCCO. The Morgan fingerprint density at radius 1 is 1.60 bits per heavy atom. The number of aliphatic hydroxyl groups is 1. The van der Waals surface area contributed by atoms with Crippen molar-refractivity contribution in [3.63, 3.8) is 0 Å². The molecule has 1 aromatic heterocycles. The summed E-state index contributed by atoms with van der Waals surface area (Å²) in [6.07, 6.45) is 1.62. The lowest BCUT2D eigenvalue weighted by Gasteiger charge is -2.12. The first kappa shape index (κ1) is 11.8. The van der Waals surface area contributed by atoms with Gasteiger partial charge in [-0.15, -0.1) is 0 Å². The fourth-order valence-electron chi connectivity index (χ4n) is 1.23. The van der Waals surface area contributed by atoms with Gasteiger partial charge >= 0.3 is 0 Å². The highest BCUT2D eigenvalue weighted by Crippen LogP contribution is 2.16. The number of nitrogens with one attached hydrogen (secondary N) is 1. The first-order valence-corrected chi connectivity index (χ1v) is 4.96. The Hall–Kier alpha value is -1.27. The first-order valence-electron chi connectivity index (χ1n) is 4.96. The standard InChI is InChI=1S/C9H19N5O/c1-13(2)4-5-14-9(11-3-6-15)8(10)7-12-14/h7,11,15H,3-6,10H2,1-2H3. The van der Waals surface area contributed by atoms with Gasteiger partial charge < -0.3 is 21.1 Å². The summed E-state index contributed by atoms with van der Waals surface area (Å²) in [5.41, 5.74) is 6.36. The van der Waals surface area contributed by atoms with Gasteiger partial charge in [0.15, 0.2) is 0 Å². The highest BCUT2D eigenvalue weighted by atomic mass is 16.3. The van der Waals surface area contributed by atoms with E-state index >= 15 is 0 Å². The summed E-state index contributed by atoms with van der Waals surface area (Å²) in [7, 11) is 4.02. The Kier molecular flexibility index (Phi) is 4.38. The van der Waals surface area contributed by atoms with Crippen LogP contribution in [0.4, 0.5) is 11.5 Å². The highest BCUT2D eigenvalue weighted by molar-refractivity contribution is 5.60. The minimum absolute atomic E-state index is 0.0816. The van der Waals surface area contributed by atoms with Crippen LogP contribution in [0.25, 0.3) is 0 Å².